The zero-order valence-electron chi connectivity index (χ0n) is 36.8. The third kappa shape index (κ3) is 39.0. The highest BCUT2D eigenvalue weighted by Crippen LogP contribution is 2.18. The summed E-state index contributed by atoms with van der Waals surface area (Å²) in [5.74, 6) is -0.481. The van der Waals surface area contributed by atoms with E-state index in [0.717, 1.165) is 51.4 Å². The van der Waals surface area contributed by atoms with E-state index >= 15 is 0 Å². The van der Waals surface area contributed by atoms with Crippen LogP contribution in [0.3, 0.4) is 0 Å². The van der Waals surface area contributed by atoms with Crippen LogP contribution in [0.25, 0.3) is 0 Å². The first-order valence-corrected chi connectivity index (χ1v) is 24.1. The van der Waals surface area contributed by atoms with Crippen LogP contribution in [0.4, 0.5) is 0 Å². The topological polar surface area (TPSA) is 95.9 Å². The number of nitrogens with one attached hydrogen (secondary N) is 1. The number of carbonyl (C=O) groups is 2. The van der Waals surface area contributed by atoms with Crippen molar-refractivity contribution in [3.8, 4) is 0 Å². The summed E-state index contributed by atoms with van der Waals surface area (Å²) in [5.41, 5.74) is 0. The van der Waals surface area contributed by atoms with Crippen LogP contribution in [-0.2, 0) is 14.3 Å². The number of esters is 1. The second-order valence-electron chi connectivity index (χ2n) is 16.5. The van der Waals surface area contributed by atoms with E-state index in [1.54, 1.807) is 0 Å². The number of unbranched alkanes of at least 4 members (excludes halogenated alkanes) is 28. The number of ether oxygens (including phenoxy) is 1. The van der Waals surface area contributed by atoms with Gasteiger partial charge in [0.15, 0.2) is 0 Å². The molecular formula is C49H93NO5. The minimum atomic E-state index is -0.783. The van der Waals surface area contributed by atoms with Gasteiger partial charge in [-0.05, 0) is 51.4 Å². The fourth-order valence-corrected chi connectivity index (χ4v) is 7.36. The number of carbonyl (C=O) groups excluding carboxylic acids is 2. The van der Waals surface area contributed by atoms with Gasteiger partial charge in [-0.25, -0.2) is 0 Å². The zero-order chi connectivity index (χ0) is 40.3. The van der Waals surface area contributed by atoms with Crippen LogP contribution in [0.2, 0.25) is 0 Å². The van der Waals surface area contributed by atoms with Gasteiger partial charge in [0.2, 0.25) is 5.91 Å². The number of hydrogen-bond acceptors (Lipinski definition) is 5. The third-order valence-electron chi connectivity index (χ3n) is 11.1. The number of aliphatic hydroxyl groups excluding tert-OH is 2. The summed E-state index contributed by atoms with van der Waals surface area (Å²) in [5, 5.41) is 23.7. The highest BCUT2D eigenvalue weighted by Gasteiger charge is 2.24. The van der Waals surface area contributed by atoms with E-state index < -0.39 is 18.2 Å². The Bertz CT molecular complexity index is 873. The van der Waals surface area contributed by atoms with Crippen molar-refractivity contribution < 1.29 is 24.5 Å². The molecule has 0 saturated heterocycles. The van der Waals surface area contributed by atoms with Gasteiger partial charge < -0.3 is 20.3 Å². The summed E-state index contributed by atoms with van der Waals surface area (Å²) in [6, 6.07) is -0.697. The summed E-state index contributed by atoms with van der Waals surface area (Å²) < 4.78 is 5.89. The lowest BCUT2D eigenvalue weighted by Gasteiger charge is -2.24. The van der Waals surface area contributed by atoms with Gasteiger partial charge in [-0.2, -0.15) is 0 Å². The van der Waals surface area contributed by atoms with E-state index in [4.69, 9.17) is 4.74 Å². The molecule has 0 aromatic carbocycles. The molecular weight excluding hydrogens is 683 g/mol. The van der Waals surface area contributed by atoms with Crippen molar-refractivity contribution in [1.82, 2.24) is 5.32 Å². The van der Waals surface area contributed by atoms with Crippen LogP contribution in [0.5, 0.6) is 0 Å². The molecule has 0 radical (unpaired) electrons. The maximum atomic E-state index is 13.1. The maximum Gasteiger partial charge on any atom is 0.306 e. The second kappa shape index (κ2) is 43.5. The molecule has 55 heavy (non-hydrogen) atoms. The molecule has 0 spiro atoms. The number of aliphatic hydroxyl groups is 2. The van der Waals surface area contributed by atoms with E-state index in [1.807, 2.05) is 0 Å². The number of hydrogen-bond donors (Lipinski definition) is 3. The van der Waals surface area contributed by atoms with Crippen molar-refractivity contribution >= 4 is 11.9 Å². The second-order valence-corrected chi connectivity index (χ2v) is 16.5. The summed E-state index contributed by atoms with van der Waals surface area (Å²) in [7, 11) is 0. The molecule has 0 aliphatic rings. The molecule has 3 N–H and O–H groups in total. The fraction of sp³-hybridized carbons (Fsp3) is 0.878. The van der Waals surface area contributed by atoms with Gasteiger partial charge in [0.25, 0.3) is 0 Å². The average Bonchev–Trinajstić information content (AvgIpc) is 3.18. The lowest BCUT2D eigenvalue weighted by atomic mass is 10.0. The fourth-order valence-electron chi connectivity index (χ4n) is 7.36. The van der Waals surface area contributed by atoms with Gasteiger partial charge in [-0.3, -0.25) is 9.59 Å². The molecule has 0 aliphatic carbocycles. The Morgan fingerprint density at radius 3 is 1.38 bits per heavy atom. The van der Waals surface area contributed by atoms with Crippen molar-refractivity contribution in [2.24, 2.45) is 0 Å². The predicted octanol–water partition coefficient (Wildman–Crippen LogP) is 14.0. The number of allylic oxidation sites excluding steroid dienone is 4. The molecule has 0 heterocycles. The van der Waals surface area contributed by atoms with Crippen molar-refractivity contribution in [2.75, 3.05) is 6.61 Å². The van der Waals surface area contributed by atoms with Gasteiger partial charge in [0.1, 0.15) is 6.10 Å². The standard InChI is InChI=1S/C49H93NO5/c1-4-7-10-13-16-19-21-23-24-26-28-30-33-36-39-42-49(54)55-45(40-37-34-31-18-15-12-9-6-3)43-48(53)50-46(44-51)47(52)41-38-35-32-29-27-25-22-20-17-14-11-8-5-2/h16,19,21,23,45-47,51-52H,4-15,17-18,20,22,24-44H2,1-3H3,(H,50,53)/b19-16+,23-21+. The Kier molecular flexibility index (Phi) is 42.2. The van der Waals surface area contributed by atoms with Crippen molar-refractivity contribution in [2.45, 2.75) is 270 Å². The number of rotatable bonds is 43. The summed E-state index contributed by atoms with van der Waals surface area (Å²) >= 11 is 0. The van der Waals surface area contributed by atoms with E-state index in [9.17, 15) is 19.8 Å². The van der Waals surface area contributed by atoms with Gasteiger partial charge in [-0.15, -0.1) is 0 Å². The highest BCUT2D eigenvalue weighted by atomic mass is 16.5. The molecule has 0 rings (SSSR count). The lowest BCUT2D eigenvalue weighted by molar-refractivity contribution is -0.151. The van der Waals surface area contributed by atoms with Crippen molar-refractivity contribution in [3.05, 3.63) is 24.3 Å². The molecule has 3 unspecified atom stereocenters. The highest BCUT2D eigenvalue weighted by molar-refractivity contribution is 5.77. The Balaban J connectivity index is 4.45. The largest absolute Gasteiger partial charge is 0.462 e. The molecule has 6 heteroatoms. The molecule has 0 bridgehead atoms. The molecule has 6 nitrogen and oxygen atoms in total. The quantitative estimate of drug-likeness (QED) is 0.0326. The molecule has 3 atom stereocenters. The summed E-state index contributed by atoms with van der Waals surface area (Å²) in [4.78, 5) is 26.0. The Morgan fingerprint density at radius 1 is 0.527 bits per heavy atom. The van der Waals surface area contributed by atoms with Gasteiger partial charge in [-0.1, -0.05) is 212 Å². The van der Waals surface area contributed by atoms with Crippen LogP contribution < -0.4 is 5.32 Å². The molecule has 324 valence electrons. The van der Waals surface area contributed by atoms with Gasteiger partial charge in [0.05, 0.1) is 25.2 Å². The van der Waals surface area contributed by atoms with Crippen LogP contribution >= 0.6 is 0 Å². The Morgan fingerprint density at radius 2 is 0.909 bits per heavy atom. The van der Waals surface area contributed by atoms with Crippen LogP contribution in [0, 0.1) is 0 Å². The minimum Gasteiger partial charge on any atom is -0.462 e. The van der Waals surface area contributed by atoms with Crippen LogP contribution in [-0.4, -0.2) is 46.9 Å². The molecule has 1 amide bonds. The maximum absolute atomic E-state index is 13.1. The minimum absolute atomic E-state index is 0.0767. The first kappa shape index (κ1) is 53.3. The molecule has 0 aromatic heterocycles. The average molecular weight is 776 g/mol. The van der Waals surface area contributed by atoms with Gasteiger partial charge >= 0.3 is 5.97 Å². The molecule has 0 aliphatic heterocycles. The van der Waals surface area contributed by atoms with Crippen molar-refractivity contribution in [3.63, 3.8) is 0 Å². The first-order valence-electron chi connectivity index (χ1n) is 24.1. The molecule has 0 saturated carbocycles. The normalized spacial score (nSPS) is 13.5. The SMILES string of the molecule is CCCCC/C=C/C=C/CCCCCCCCC(=O)OC(CCCCCCCCCC)CC(=O)NC(CO)C(O)CCCCCCCCCCCCCCC. The van der Waals surface area contributed by atoms with E-state index in [-0.39, 0.29) is 24.9 Å². The summed E-state index contributed by atoms with van der Waals surface area (Å²) in [6.45, 7) is 6.43. The molecule has 0 aromatic rings. The van der Waals surface area contributed by atoms with E-state index in [2.05, 4.69) is 50.4 Å². The predicted molar refractivity (Wildman–Crippen MR) is 236 cm³/mol. The smallest absolute Gasteiger partial charge is 0.306 e. The number of amides is 1. The lowest BCUT2D eigenvalue weighted by Crippen LogP contribution is -2.46. The summed E-state index contributed by atoms with van der Waals surface area (Å²) in [6.07, 6.45) is 48.1. The van der Waals surface area contributed by atoms with E-state index in [1.165, 1.54) is 154 Å². The zero-order valence-corrected chi connectivity index (χ0v) is 36.8. The van der Waals surface area contributed by atoms with Crippen LogP contribution in [0.1, 0.15) is 252 Å². The first-order chi connectivity index (χ1) is 27.0. The Hall–Kier alpha value is -1.66. The molecule has 0 fully saturated rings. The van der Waals surface area contributed by atoms with E-state index in [0.29, 0.717) is 19.3 Å². The van der Waals surface area contributed by atoms with Crippen LogP contribution in [0.15, 0.2) is 24.3 Å². The Labute approximate surface area is 341 Å². The van der Waals surface area contributed by atoms with Gasteiger partial charge in [0, 0.05) is 6.42 Å². The third-order valence-corrected chi connectivity index (χ3v) is 11.1. The monoisotopic (exact) mass is 776 g/mol. The van der Waals surface area contributed by atoms with Crippen molar-refractivity contribution in [1.29, 1.82) is 0 Å².